The van der Waals surface area contributed by atoms with Gasteiger partial charge in [0.25, 0.3) is 0 Å². The molecule has 0 bridgehead atoms. The molecule has 3 heteroatoms. The minimum Gasteiger partial charge on any atom is -0.384 e. The van der Waals surface area contributed by atoms with Crippen molar-refractivity contribution < 1.29 is 0 Å². The Bertz CT molecular complexity index is 824. The van der Waals surface area contributed by atoms with Gasteiger partial charge < -0.3 is 5.32 Å². The van der Waals surface area contributed by atoms with E-state index in [1.54, 1.807) is 5.56 Å². The third-order valence-corrected chi connectivity index (χ3v) is 6.18. The van der Waals surface area contributed by atoms with E-state index < -0.39 is 0 Å². The molecule has 2 heterocycles. The molecule has 0 radical (unpaired) electrons. The Morgan fingerprint density at radius 2 is 1.96 bits per heavy atom. The van der Waals surface area contributed by atoms with Crippen molar-refractivity contribution in [1.29, 1.82) is 0 Å². The first-order valence-corrected chi connectivity index (χ1v) is 9.13. The fraction of sp³-hybridized carbons (Fsp3) is 0.333. The predicted molar refractivity (Wildman–Crippen MR) is 101 cm³/mol. The molecule has 3 atom stereocenters. The van der Waals surface area contributed by atoms with Crippen molar-refractivity contribution in [3.63, 3.8) is 0 Å². The molecule has 1 aliphatic carbocycles. The highest BCUT2D eigenvalue weighted by atomic mass is 35.5. The molecule has 122 valence electrons. The lowest BCUT2D eigenvalue weighted by atomic mass is 9.74. The van der Waals surface area contributed by atoms with Gasteiger partial charge >= 0.3 is 0 Å². The second kappa shape index (κ2) is 5.37. The van der Waals surface area contributed by atoms with Crippen molar-refractivity contribution in [1.82, 2.24) is 4.90 Å². The Morgan fingerprint density at radius 3 is 2.79 bits per heavy atom. The first-order valence-electron chi connectivity index (χ1n) is 8.75. The van der Waals surface area contributed by atoms with Gasteiger partial charge in [-0.05, 0) is 53.9 Å². The van der Waals surface area contributed by atoms with Gasteiger partial charge in [0.05, 0.1) is 0 Å². The van der Waals surface area contributed by atoms with Gasteiger partial charge in [0, 0.05) is 41.7 Å². The Hall–Kier alpha value is -1.77. The number of fused-ring (bicyclic) bond motifs is 2. The molecule has 3 aliphatic rings. The van der Waals surface area contributed by atoms with Gasteiger partial charge in [0.1, 0.15) is 0 Å². The maximum atomic E-state index is 6.06. The smallest absolute Gasteiger partial charge is 0.0406 e. The van der Waals surface area contributed by atoms with Crippen LogP contribution in [0.25, 0.3) is 5.57 Å². The maximum Gasteiger partial charge on any atom is 0.0406 e. The SMILES string of the molecule is CN1CC(c2ccc(Cl)cc2)C=C2c3cccc4c3[C@@H](CN4)C[C@H]21. The van der Waals surface area contributed by atoms with Crippen LogP contribution in [0.4, 0.5) is 5.69 Å². The van der Waals surface area contributed by atoms with Gasteiger partial charge in [-0.2, -0.15) is 0 Å². The Kier molecular flexibility index (Phi) is 3.26. The highest BCUT2D eigenvalue weighted by molar-refractivity contribution is 6.30. The number of anilines is 1. The van der Waals surface area contributed by atoms with E-state index in [0.717, 1.165) is 18.1 Å². The standard InChI is InChI=1S/C21H21ClN2/c1-24-12-15(13-5-7-16(22)8-6-13)9-18-17-3-2-4-19-21(17)14(11-23-19)10-20(18)24/h2-9,14-15,20,23H,10-12H2,1H3/t14-,15?,20-/m1/s1. The fourth-order valence-corrected chi connectivity index (χ4v) is 4.89. The molecule has 2 nitrogen and oxygen atoms in total. The van der Waals surface area contributed by atoms with E-state index in [1.807, 2.05) is 12.1 Å². The largest absolute Gasteiger partial charge is 0.384 e. The van der Waals surface area contributed by atoms with Gasteiger partial charge in [0.2, 0.25) is 0 Å². The van der Waals surface area contributed by atoms with Crippen LogP contribution in [0.3, 0.4) is 0 Å². The van der Waals surface area contributed by atoms with E-state index in [9.17, 15) is 0 Å². The molecule has 2 aromatic rings. The summed E-state index contributed by atoms with van der Waals surface area (Å²) >= 11 is 6.06. The van der Waals surface area contributed by atoms with Crippen molar-refractivity contribution in [3.8, 4) is 0 Å². The van der Waals surface area contributed by atoms with Crippen LogP contribution in [0.1, 0.15) is 34.9 Å². The van der Waals surface area contributed by atoms with Crippen molar-refractivity contribution in [2.24, 2.45) is 0 Å². The van der Waals surface area contributed by atoms with Gasteiger partial charge in [-0.25, -0.2) is 0 Å². The molecular weight excluding hydrogens is 316 g/mol. The van der Waals surface area contributed by atoms with E-state index in [4.69, 9.17) is 11.6 Å². The normalized spacial score (nSPS) is 27.9. The van der Waals surface area contributed by atoms with Crippen LogP contribution in [-0.2, 0) is 0 Å². The Balaban J connectivity index is 1.62. The lowest BCUT2D eigenvalue weighted by Gasteiger charge is -2.42. The highest BCUT2D eigenvalue weighted by Gasteiger charge is 2.39. The summed E-state index contributed by atoms with van der Waals surface area (Å²) in [4.78, 5) is 2.54. The number of hydrogen-bond acceptors (Lipinski definition) is 2. The van der Waals surface area contributed by atoms with Crippen molar-refractivity contribution in [2.45, 2.75) is 24.3 Å². The second-order valence-corrected chi connectivity index (χ2v) is 7.75. The second-order valence-electron chi connectivity index (χ2n) is 7.32. The number of likely N-dealkylation sites (N-methyl/N-ethyl adjacent to an activating group) is 1. The summed E-state index contributed by atoms with van der Waals surface area (Å²) < 4.78 is 0. The number of rotatable bonds is 1. The number of nitrogens with one attached hydrogen (secondary N) is 1. The van der Waals surface area contributed by atoms with Crippen LogP contribution in [0.15, 0.2) is 48.5 Å². The Morgan fingerprint density at radius 1 is 1.12 bits per heavy atom. The van der Waals surface area contributed by atoms with Crippen LogP contribution in [0, 0.1) is 0 Å². The summed E-state index contributed by atoms with van der Waals surface area (Å²) in [5, 5.41) is 4.40. The van der Waals surface area contributed by atoms with Gasteiger partial charge in [-0.3, -0.25) is 4.90 Å². The molecule has 0 amide bonds. The fourth-order valence-electron chi connectivity index (χ4n) is 4.76. The zero-order chi connectivity index (χ0) is 16.3. The molecule has 24 heavy (non-hydrogen) atoms. The minimum atomic E-state index is 0.431. The first-order chi connectivity index (χ1) is 11.7. The van der Waals surface area contributed by atoms with Crippen molar-refractivity contribution >= 4 is 22.9 Å². The van der Waals surface area contributed by atoms with E-state index in [2.05, 4.69) is 53.7 Å². The average molecular weight is 337 g/mol. The molecule has 1 N–H and O–H groups in total. The van der Waals surface area contributed by atoms with Gasteiger partial charge in [-0.1, -0.05) is 41.9 Å². The molecule has 0 aromatic heterocycles. The van der Waals surface area contributed by atoms with E-state index in [1.165, 1.54) is 28.8 Å². The molecular formula is C21H21ClN2. The van der Waals surface area contributed by atoms with Crippen LogP contribution in [0.2, 0.25) is 5.02 Å². The highest BCUT2D eigenvalue weighted by Crippen LogP contribution is 2.49. The zero-order valence-electron chi connectivity index (χ0n) is 13.8. The summed E-state index contributed by atoms with van der Waals surface area (Å²) in [6, 6.07) is 15.6. The summed E-state index contributed by atoms with van der Waals surface area (Å²) in [5.74, 6) is 1.09. The van der Waals surface area contributed by atoms with E-state index >= 15 is 0 Å². The molecule has 0 saturated carbocycles. The number of benzene rings is 2. The summed E-state index contributed by atoms with van der Waals surface area (Å²) in [6.07, 6.45) is 3.74. The number of nitrogens with zero attached hydrogens (tertiary/aromatic N) is 1. The van der Waals surface area contributed by atoms with Crippen molar-refractivity contribution in [3.05, 3.63) is 70.3 Å². The van der Waals surface area contributed by atoms with Crippen molar-refractivity contribution in [2.75, 3.05) is 25.5 Å². The lowest BCUT2D eigenvalue weighted by molar-refractivity contribution is 0.247. The number of halogens is 1. The third kappa shape index (κ3) is 2.13. The quantitative estimate of drug-likeness (QED) is 0.809. The van der Waals surface area contributed by atoms with Gasteiger partial charge in [0.15, 0.2) is 0 Å². The van der Waals surface area contributed by atoms with Crippen LogP contribution < -0.4 is 5.32 Å². The Labute approximate surface area is 148 Å². The molecule has 2 aromatic carbocycles. The summed E-state index contributed by atoms with van der Waals surface area (Å²) in [6.45, 7) is 2.16. The lowest BCUT2D eigenvalue weighted by Crippen LogP contribution is -2.42. The molecule has 5 rings (SSSR count). The molecule has 2 aliphatic heterocycles. The van der Waals surface area contributed by atoms with Crippen LogP contribution in [-0.4, -0.2) is 31.1 Å². The topological polar surface area (TPSA) is 15.3 Å². The monoisotopic (exact) mass is 336 g/mol. The maximum absolute atomic E-state index is 6.06. The zero-order valence-corrected chi connectivity index (χ0v) is 14.6. The minimum absolute atomic E-state index is 0.431. The van der Waals surface area contributed by atoms with Gasteiger partial charge in [-0.15, -0.1) is 0 Å². The molecule has 0 fully saturated rings. The van der Waals surface area contributed by atoms with E-state index in [0.29, 0.717) is 17.9 Å². The number of hydrogen-bond donors (Lipinski definition) is 1. The molecule has 1 unspecified atom stereocenters. The molecule has 0 saturated heterocycles. The molecule has 0 spiro atoms. The predicted octanol–water partition coefficient (Wildman–Crippen LogP) is 4.73. The average Bonchev–Trinajstić information content (AvgIpc) is 3.01. The first kappa shape index (κ1) is 14.6. The van der Waals surface area contributed by atoms with E-state index in [-0.39, 0.29) is 0 Å². The third-order valence-electron chi connectivity index (χ3n) is 5.93. The summed E-state index contributed by atoms with van der Waals surface area (Å²) in [5.41, 5.74) is 7.22. The van der Waals surface area contributed by atoms with Crippen LogP contribution in [0.5, 0.6) is 0 Å². The van der Waals surface area contributed by atoms with Crippen LogP contribution >= 0.6 is 11.6 Å². The summed E-state index contributed by atoms with van der Waals surface area (Å²) in [7, 11) is 2.28.